The highest BCUT2D eigenvalue weighted by molar-refractivity contribution is 6.04. The summed E-state index contributed by atoms with van der Waals surface area (Å²) < 4.78 is 79.7. The van der Waals surface area contributed by atoms with Crippen LogP contribution in [0.5, 0.6) is 0 Å². The second-order valence-electron chi connectivity index (χ2n) is 36.0. The molecule has 20 nitrogen and oxygen atoms in total. The van der Waals surface area contributed by atoms with Crippen molar-refractivity contribution in [2.75, 3.05) is 0 Å². The Bertz CT molecular complexity index is 6940. The molecule has 636 valence electrons. The monoisotopic (exact) mass is 1670 g/mol. The summed E-state index contributed by atoms with van der Waals surface area (Å²) in [7, 11) is 0. The largest absolute Gasteiger partial charge is 0.481 e. The fourth-order valence-corrected chi connectivity index (χ4v) is 20.1. The quantitative estimate of drug-likeness (QED) is 0.0372. The Morgan fingerprint density at radius 3 is 1.23 bits per heavy atom. The normalized spacial score (nSPS) is 17.6. The highest BCUT2D eigenvalue weighted by atomic mass is 19.1. The van der Waals surface area contributed by atoms with Crippen molar-refractivity contribution >= 4 is 111 Å². The molecule has 8 heterocycles. The molecule has 16 aromatic rings. The third kappa shape index (κ3) is 14.8. The number of aromatic nitrogens is 12. The number of hydrogen-bond acceptors (Lipinski definition) is 8. The number of nitrogens with one attached hydrogen (secondary N) is 4. The Labute approximate surface area is 706 Å². The molecule has 8 N–H and O–H groups in total. The number of hydrogen-bond donors (Lipinski definition) is 8. The average Bonchev–Trinajstić information content (AvgIpc) is 1.64. The van der Waals surface area contributed by atoms with E-state index in [4.69, 9.17) is 0 Å². The van der Waals surface area contributed by atoms with Crippen molar-refractivity contribution in [2.24, 2.45) is 16.7 Å². The Hall–Kier alpha value is -12.7. The maximum absolute atomic E-state index is 15.4. The van der Waals surface area contributed by atoms with Crippen molar-refractivity contribution in [1.29, 1.82) is 0 Å². The molecule has 0 amide bonds. The molecular weight excluding hydrogens is 1570 g/mol. The molecule has 1 spiro atoms. The minimum Gasteiger partial charge on any atom is -0.481 e. The molecule has 3 saturated carbocycles. The number of nitrogens with zero attached hydrogens (tertiary/aromatic N) is 8. The van der Waals surface area contributed by atoms with Crippen molar-refractivity contribution in [3.63, 3.8) is 0 Å². The number of rotatable bonds is 18. The van der Waals surface area contributed by atoms with Crippen LogP contribution >= 0.6 is 0 Å². The predicted octanol–water partition coefficient (Wildman–Crippen LogP) is 23.4. The molecule has 3 fully saturated rings. The summed E-state index contributed by atoms with van der Waals surface area (Å²) in [5.74, 6) is -3.61. The zero-order chi connectivity index (χ0) is 87.8. The van der Waals surface area contributed by atoms with Gasteiger partial charge in [0.05, 0.1) is 56.1 Å². The number of aryl methyl sites for hydroxylation is 8. The number of H-pyrrole nitrogens is 4. The first-order valence-corrected chi connectivity index (χ1v) is 42.2. The van der Waals surface area contributed by atoms with Gasteiger partial charge in [-0.05, 0) is 301 Å². The van der Waals surface area contributed by atoms with Gasteiger partial charge in [0, 0.05) is 119 Å². The van der Waals surface area contributed by atoms with E-state index >= 15 is 4.39 Å². The summed E-state index contributed by atoms with van der Waals surface area (Å²) in [5, 5.41) is 74.2. The molecular formula is C98H101F5N12O8. The van der Waals surface area contributed by atoms with Crippen molar-refractivity contribution in [2.45, 2.75) is 204 Å². The summed E-state index contributed by atoms with van der Waals surface area (Å²) in [6.45, 7) is 30.1. The van der Waals surface area contributed by atoms with Gasteiger partial charge in [-0.15, -0.1) is 0 Å². The van der Waals surface area contributed by atoms with Gasteiger partial charge in [-0.25, -0.2) is 22.0 Å². The molecule has 0 atom stereocenters. The predicted molar refractivity (Wildman–Crippen MR) is 471 cm³/mol. The van der Waals surface area contributed by atoms with E-state index in [1.165, 1.54) is 46.5 Å². The van der Waals surface area contributed by atoms with Gasteiger partial charge in [0.25, 0.3) is 0 Å². The standard InChI is InChI=1S/C28H30FN3O2.C26H28FN3O2.C23H24FN3O2.C21H19F2N3O2/c1-14(2)26-25(17-10-28(11-17)12-18(13-28)27(33)34)21-8-23-20(16(4)30-31-23)9-24(21)32(26)19-5-6-22(29)15(3)7-19;1-13(2)24-23(16-11-26(5,12-16)25(31)32)19-9-21-18(15(4)28-29-21)10-22(19)30(24)17-6-7-20(27)14(3)8-17;1-12(2)23-16(6-8-22(28)29)18-10-20-17(14(4)25-26-20)11-21(18)27(23)15-5-7-19(24)13(3)9-15;1-11(2)21-15(7-8-17(27)28)18-16(9-12-10-24-25-20(12)19(18)23)26(21)14-5-3-13(22)4-6-14/h5-9,14,17-18H,10-13H2,1-4H3,(H,30,31)(H,33,34);6-10,13,16H,11-12H2,1-5H3,(H,28,29)(H,31,32);5,7,9-12H,6,8H2,1-4H3,(H,25,26)(H,28,29);3-6,9-11H,7-8H2,1-2H3,(H,24,25)(H,27,28). The molecule has 3 aliphatic carbocycles. The summed E-state index contributed by atoms with van der Waals surface area (Å²) in [6, 6.07) is 36.3. The van der Waals surface area contributed by atoms with Gasteiger partial charge in [-0.3, -0.25) is 39.6 Å². The summed E-state index contributed by atoms with van der Waals surface area (Å²) >= 11 is 0. The van der Waals surface area contributed by atoms with Gasteiger partial charge in [0.2, 0.25) is 0 Å². The molecule has 0 bridgehead atoms. The van der Waals surface area contributed by atoms with E-state index in [-0.39, 0.29) is 89.0 Å². The number of carboxylic acid groups (broad SMARTS) is 4. The van der Waals surface area contributed by atoms with Gasteiger partial charge < -0.3 is 38.7 Å². The minimum absolute atomic E-state index is 0.00267. The molecule has 0 saturated heterocycles. The van der Waals surface area contributed by atoms with E-state index in [9.17, 15) is 57.2 Å². The smallest absolute Gasteiger partial charge is 0.309 e. The maximum atomic E-state index is 15.4. The Morgan fingerprint density at radius 2 is 0.821 bits per heavy atom. The van der Waals surface area contributed by atoms with Crippen LogP contribution in [0.1, 0.15) is 228 Å². The van der Waals surface area contributed by atoms with Crippen LogP contribution in [-0.4, -0.2) is 103 Å². The van der Waals surface area contributed by atoms with Crippen molar-refractivity contribution in [3.05, 3.63) is 235 Å². The number of halogens is 5. The summed E-state index contributed by atoms with van der Waals surface area (Å²) in [5.41, 5.74) is 23.1. The fourth-order valence-electron chi connectivity index (χ4n) is 20.1. The molecule has 19 rings (SSSR count). The molecule has 3 aliphatic rings. The first-order valence-electron chi connectivity index (χ1n) is 42.2. The zero-order valence-corrected chi connectivity index (χ0v) is 71.6. The molecule has 123 heavy (non-hydrogen) atoms. The second-order valence-corrected chi connectivity index (χ2v) is 36.0. The van der Waals surface area contributed by atoms with Crippen LogP contribution in [0.25, 0.3) is 110 Å². The van der Waals surface area contributed by atoms with Crippen LogP contribution in [0, 0.1) is 87.4 Å². The summed E-state index contributed by atoms with van der Waals surface area (Å²) in [4.78, 5) is 45.7. The number of carboxylic acids is 4. The molecule has 8 aromatic carbocycles. The van der Waals surface area contributed by atoms with Crippen molar-refractivity contribution in [3.8, 4) is 22.7 Å². The van der Waals surface area contributed by atoms with Gasteiger partial charge in [-0.2, -0.15) is 20.4 Å². The van der Waals surface area contributed by atoms with E-state index < -0.39 is 35.1 Å². The third-order valence-corrected chi connectivity index (χ3v) is 26.0. The lowest BCUT2D eigenvalue weighted by Crippen LogP contribution is -2.49. The molecule has 8 aromatic heterocycles. The van der Waals surface area contributed by atoms with Gasteiger partial charge in [0.15, 0.2) is 5.82 Å². The highest BCUT2D eigenvalue weighted by Gasteiger charge is 2.56. The zero-order valence-electron chi connectivity index (χ0n) is 71.6. The van der Waals surface area contributed by atoms with Crippen molar-refractivity contribution < 1.29 is 61.6 Å². The van der Waals surface area contributed by atoms with E-state index in [1.54, 1.807) is 44.3 Å². The van der Waals surface area contributed by atoms with Crippen LogP contribution in [0.2, 0.25) is 0 Å². The van der Waals surface area contributed by atoms with E-state index in [0.29, 0.717) is 69.4 Å². The van der Waals surface area contributed by atoms with E-state index in [1.807, 2.05) is 95.5 Å². The SMILES string of the molecule is CC(C)c1c(CCC(=O)O)c2c(F)c3[nH]ncc3cc2n1-c1ccc(F)cc1.Cc1cc(-n2c(C(C)C)c(C3CC(C)(C(=O)O)C3)c3cc4n[nH]c(C)c4cc32)ccc1F.Cc1cc(-n2c(C(C)C)c(C3CC4(CC(C(=O)O)C4)C3)c3cc4n[nH]c(C)c4cc32)ccc1F.Cc1cc(-n2c(C(C)C)c(CCC(=O)O)c3cc4n[nH]c(C)c4cc32)ccc1F. The molecule has 0 radical (unpaired) electrons. The van der Waals surface area contributed by atoms with Crippen LogP contribution in [-0.2, 0) is 32.0 Å². The molecule has 0 unspecified atom stereocenters. The molecule has 25 heteroatoms. The first kappa shape index (κ1) is 84.0. The Balaban J connectivity index is 0.000000122. The topological polar surface area (TPSA) is 284 Å². The third-order valence-electron chi connectivity index (χ3n) is 26.0. The van der Waals surface area contributed by atoms with Gasteiger partial charge in [-0.1, -0.05) is 55.4 Å². The number of carbonyl (C=O) groups is 4. The Kier molecular flexibility index (Phi) is 21.8. The lowest BCUT2D eigenvalue weighted by Gasteiger charge is -2.57. The second kappa shape index (κ2) is 32.0. The fraction of sp³-hybridized carbons (Fsp3) is 0.347. The van der Waals surface area contributed by atoms with Crippen molar-refractivity contribution in [1.82, 2.24) is 59.1 Å². The minimum atomic E-state index is -0.944. The maximum Gasteiger partial charge on any atom is 0.309 e. The average molecular weight is 1670 g/mol. The van der Waals surface area contributed by atoms with E-state index in [2.05, 4.69) is 126 Å². The lowest BCUT2D eigenvalue weighted by atomic mass is 9.47. The van der Waals surface area contributed by atoms with E-state index in [0.717, 1.165) is 143 Å². The number of fused-ring (bicyclic) bond motifs is 8. The van der Waals surface area contributed by atoms with Crippen LogP contribution in [0.3, 0.4) is 0 Å². The van der Waals surface area contributed by atoms with Crippen LogP contribution in [0.15, 0.2) is 128 Å². The molecule has 0 aliphatic heterocycles. The number of aromatic amines is 4. The first-order chi connectivity index (χ1) is 58.4. The van der Waals surface area contributed by atoms with Crippen LogP contribution in [0.4, 0.5) is 22.0 Å². The Morgan fingerprint density at radius 1 is 0.439 bits per heavy atom. The number of aliphatic carboxylic acids is 4. The van der Waals surface area contributed by atoms with Crippen LogP contribution < -0.4 is 0 Å². The lowest BCUT2D eigenvalue weighted by molar-refractivity contribution is -0.155. The summed E-state index contributed by atoms with van der Waals surface area (Å²) in [6.07, 6.45) is 7.02. The van der Waals surface area contributed by atoms with Gasteiger partial charge >= 0.3 is 23.9 Å². The number of benzene rings is 8. The van der Waals surface area contributed by atoms with Gasteiger partial charge in [0.1, 0.15) is 28.8 Å². The highest BCUT2D eigenvalue weighted by Crippen LogP contribution is 2.66.